The molecule has 1 aliphatic rings. The Morgan fingerprint density at radius 2 is 1.89 bits per heavy atom. The Hall–Kier alpha value is -2.84. The number of thiazole rings is 1. The van der Waals surface area contributed by atoms with Crippen LogP contribution in [0.15, 0.2) is 45.6 Å². The van der Waals surface area contributed by atoms with E-state index in [2.05, 4.69) is 20.3 Å². The highest BCUT2D eigenvalue weighted by Gasteiger charge is 2.27. The SMILES string of the molecule is CC1=Cc2cc3nc(C)nc(Nc4ccc5scnc5c4)c3cc2S1(=O)=O. The molecule has 0 atom stereocenters. The molecule has 1 aliphatic heterocycles. The number of fused-ring (bicyclic) bond motifs is 3. The van der Waals surface area contributed by atoms with Gasteiger partial charge in [-0.05, 0) is 55.8 Å². The van der Waals surface area contributed by atoms with Crippen molar-refractivity contribution in [2.24, 2.45) is 0 Å². The molecule has 2 aromatic heterocycles. The van der Waals surface area contributed by atoms with Crippen LogP contribution in [0.5, 0.6) is 0 Å². The molecule has 0 radical (unpaired) electrons. The maximum Gasteiger partial charge on any atom is 0.203 e. The lowest BCUT2D eigenvalue weighted by Crippen LogP contribution is -2.02. The van der Waals surface area contributed by atoms with Gasteiger partial charge in [-0.15, -0.1) is 11.3 Å². The van der Waals surface area contributed by atoms with E-state index in [0.29, 0.717) is 37.9 Å². The van der Waals surface area contributed by atoms with Gasteiger partial charge in [-0.2, -0.15) is 0 Å². The molecule has 0 saturated heterocycles. The number of allylic oxidation sites excluding steroid dienone is 1. The van der Waals surface area contributed by atoms with Crippen molar-refractivity contribution in [3.05, 3.63) is 52.1 Å². The van der Waals surface area contributed by atoms with Crippen LogP contribution in [-0.4, -0.2) is 23.4 Å². The fraction of sp³-hybridized carbons (Fsp3) is 0.105. The molecule has 0 fully saturated rings. The first-order chi connectivity index (χ1) is 12.9. The minimum atomic E-state index is -3.43. The second-order valence-corrected chi connectivity index (χ2v) is 9.42. The van der Waals surface area contributed by atoms with E-state index in [1.165, 1.54) is 0 Å². The first kappa shape index (κ1) is 16.3. The number of aromatic nitrogens is 3. The van der Waals surface area contributed by atoms with Crippen molar-refractivity contribution in [1.29, 1.82) is 0 Å². The quantitative estimate of drug-likeness (QED) is 0.541. The number of hydrogen-bond acceptors (Lipinski definition) is 7. The van der Waals surface area contributed by atoms with Crippen LogP contribution in [0, 0.1) is 6.92 Å². The van der Waals surface area contributed by atoms with Gasteiger partial charge in [0.25, 0.3) is 0 Å². The van der Waals surface area contributed by atoms with Crippen molar-refractivity contribution in [1.82, 2.24) is 15.0 Å². The Labute approximate surface area is 159 Å². The predicted molar refractivity (Wildman–Crippen MR) is 108 cm³/mol. The molecule has 3 heterocycles. The zero-order valence-corrected chi connectivity index (χ0v) is 16.1. The van der Waals surface area contributed by atoms with Crippen LogP contribution < -0.4 is 5.32 Å². The topological polar surface area (TPSA) is 84.8 Å². The van der Waals surface area contributed by atoms with Gasteiger partial charge >= 0.3 is 0 Å². The molecule has 0 bridgehead atoms. The summed E-state index contributed by atoms with van der Waals surface area (Å²) in [5, 5.41) is 3.97. The van der Waals surface area contributed by atoms with Crippen LogP contribution in [0.3, 0.4) is 0 Å². The molecular weight excluding hydrogens is 380 g/mol. The van der Waals surface area contributed by atoms with Crippen LogP contribution in [0.4, 0.5) is 11.5 Å². The molecule has 8 heteroatoms. The minimum absolute atomic E-state index is 0.304. The van der Waals surface area contributed by atoms with E-state index < -0.39 is 9.84 Å². The highest BCUT2D eigenvalue weighted by molar-refractivity contribution is 7.95. The van der Waals surface area contributed by atoms with E-state index >= 15 is 0 Å². The maximum atomic E-state index is 12.5. The van der Waals surface area contributed by atoms with E-state index in [0.717, 1.165) is 15.9 Å². The van der Waals surface area contributed by atoms with Crippen molar-refractivity contribution in [2.45, 2.75) is 18.7 Å². The Balaban J connectivity index is 1.69. The Kier molecular flexibility index (Phi) is 3.38. The highest BCUT2D eigenvalue weighted by atomic mass is 32.2. The van der Waals surface area contributed by atoms with Crippen LogP contribution in [0.2, 0.25) is 0 Å². The third-order valence-corrected chi connectivity index (χ3v) is 7.31. The van der Waals surface area contributed by atoms with Gasteiger partial charge in [0, 0.05) is 16.0 Å². The summed E-state index contributed by atoms with van der Waals surface area (Å²) in [6.07, 6.45) is 1.69. The van der Waals surface area contributed by atoms with E-state index in [1.807, 2.05) is 36.7 Å². The monoisotopic (exact) mass is 394 g/mol. The van der Waals surface area contributed by atoms with E-state index in [1.54, 1.807) is 30.4 Å². The van der Waals surface area contributed by atoms with E-state index in [9.17, 15) is 8.42 Å². The lowest BCUT2D eigenvalue weighted by atomic mass is 10.1. The van der Waals surface area contributed by atoms with Gasteiger partial charge in [0.2, 0.25) is 9.84 Å². The number of nitrogens with one attached hydrogen (secondary N) is 1. The summed E-state index contributed by atoms with van der Waals surface area (Å²) in [5.41, 5.74) is 4.93. The van der Waals surface area contributed by atoms with Gasteiger partial charge in [0.1, 0.15) is 11.6 Å². The van der Waals surface area contributed by atoms with Crippen LogP contribution in [0.25, 0.3) is 27.2 Å². The molecule has 4 aromatic rings. The molecule has 6 nitrogen and oxygen atoms in total. The molecule has 5 rings (SSSR count). The number of hydrogen-bond donors (Lipinski definition) is 1. The molecule has 0 amide bonds. The van der Waals surface area contributed by atoms with Crippen LogP contribution in [0.1, 0.15) is 18.3 Å². The molecule has 27 heavy (non-hydrogen) atoms. The molecule has 2 aromatic carbocycles. The summed E-state index contributed by atoms with van der Waals surface area (Å²) >= 11 is 1.58. The number of anilines is 2. The zero-order valence-electron chi connectivity index (χ0n) is 14.5. The largest absolute Gasteiger partial charge is 0.340 e. The van der Waals surface area contributed by atoms with Crippen LogP contribution in [-0.2, 0) is 9.84 Å². The molecule has 0 spiro atoms. The summed E-state index contributed by atoms with van der Waals surface area (Å²) in [4.78, 5) is 14.0. The number of rotatable bonds is 2. The summed E-state index contributed by atoms with van der Waals surface area (Å²) in [6, 6.07) is 9.38. The molecule has 1 N–H and O–H groups in total. The van der Waals surface area contributed by atoms with Crippen molar-refractivity contribution in [3.63, 3.8) is 0 Å². The van der Waals surface area contributed by atoms with Gasteiger partial charge in [-0.25, -0.2) is 23.4 Å². The molecule has 134 valence electrons. The van der Waals surface area contributed by atoms with Crippen LogP contribution >= 0.6 is 11.3 Å². The Morgan fingerprint density at radius 1 is 1.04 bits per heavy atom. The maximum absolute atomic E-state index is 12.5. The number of benzene rings is 2. The van der Waals surface area contributed by atoms with Gasteiger partial charge in [0.15, 0.2) is 0 Å². The molecule has 0 saturated carbocycles. The summed E-state index contributed by atoms with van der Waals surface area (Å²) in [5.74, 6) is 1.19. The third kappa shape index (κ3) is 2.52. The summed E-state index contributed by atoms with van der Waals surface area (Å²) in [6.45, 7) is 3.43. The number of nitrogens with zero attached hydrogens (tertiary/aromatic N) is 3. The van der Waals surface area contributed by atoms with Gasteiger partial charge in [-0.1, -0.05) is 0 Å². The Morgan fingerprint density at radius 3 is 2.74 bits per heavy atom. The number of sulfone groups is 1. The van der Waals surface area contributed by atoms with Crippen molar-refractivity contribution < 1.29 is 8.42 Å². The van der Waals surface area contributed by atoms with Crippen molar-refractivity contribution in [3.8, 4) is 0 Å². The fourth-order valence-electron chi connectivity index (χ4n) is 3.27. The second kappa shape index (κ2) is 5.58. The highest BCUT2D eigenvalue weighted by Crippen LogP contribution is 2.37. The van der Waals surface area contributed by atoms with Crippen molar-refractivity contribution in [2.75, 3.05) is 5.32 Å². The minimum Gasteiger partial charge on any atom is -0.340 e. The first-order valence-electron chi connectivity index (χ1n) is 8.28. The smallest absolute Gasteiger partial charge is 0.203 e. The first-order valence-corrected chi connectivity index (χ1v) is 10.6. The van der Waals surface area contributed by atoms with Gasteiger partial charge in [0.05, 0.1) is 26.1 Å². The second-order valence-electron chi connectivity index (χ2n) is 6.44. The normalized spacial score (nSPS) is 15.1. The Bertz CT molecular complexity index is 1390. The summed E-state index contributed by atoms with van der Waals surface area (Å²) < 4.78 is 26.2. The number of aryl methyl sites for hydroxylation is 1. The molecule has 0 unspecified atom stereocenters. The molecular formula is C19H14N4O2S2. The lowest BCUT2D eigenvalue weighted by molar-refractivity contribution is 0.603. The lowest BCUT2D eigenvalue weighted by Gasteiger charge is -2.11. The average Bonchev–Trinajstić information content (AvgIpc) is 3.16. The standard InChI is InChI=1S/C19H14N4O2S2/c1-10-5-12-6-15-14(8-18(12)27(10,24)25)19(22-11(2)21-15)23-13-3-4-17-16(7-13)20-9-26-17/h3-9H,1-2H3,(H,21,22,23). The van der Waals surface area contributed by atoms with E-state index in [4.69, 9.17) is 0 Å². The van der Waals surface area contributed by atoms with E-state index in [-0.39, 0.29) is 0 Å². The fourth-order valence-corrected chi connectivity index (χ4v) is 5.26. The van der Waals surface area contributed by atoms with Gasteiger partial charge < -0.3 is 5.32 Å². The average molecular weight is 394 g/mol. The van der Waals surface area contributed by atoms with Gasteiger partial charge in [-0.3, -0.25) is 0 Å². The summed E-state index contributed by atoms with van der Waals surface area (Å²) in [7, 11) is -3.43. The molecule has 0 aliphatic carbocycles. The third-order valence-electron chi connectivity index (χ3n) is 4.60. The predicted octanol–water partition coefficient (Wildman–Crippen LogP) is 4.44. The zero-order chi connectivity index (χ0) is 18.8. The van der Waals surface area contributed by atoms with Crippen molar-refractivity contribution >= 4 is 59.9 Å².